The zero-order chi connectivity index (χ0) is 26.5. The number of fused-ring (bicyclic) bond motifs is 2. The number of furan rings is 1. The molecule has 1 amide bonds. The third-order valence-corrected chi connectivity index (χ3v) is 7.38. The topological polar surface area (TPSA) is 91.5 Å². The van der Waals surface area contributed by atoms with Crippen LogP contribution in [0.15, 0.2) is 53.1 Å². The molecule has 0 bridgehead atoms. The number of hydrogen-bond donors (Lipinski definition) is 2. The van der Waals surface area contributed by atoms with Crippen LogP contribution in [0, 0.1) is 11.3 Å². The number of nitrogens with zero attached hydrogens (tertiary/aromatic N) is 4. The molecule has 0 unspecified atom stereocenters. The van der Waals surface area contributed by atoms with E-state index in [0.29, 0.717) is 17.9 Å². The van der Waals surface area contributed by atoms with Gasteiger partial charge in [0.2, 0.25) is 0 Å². The van der Waals surface area contributed by atoms with E-state index in [1.807, 2.05) is 49.3 Å². The fourth-order valence-electron chi connectivity index (χ4n) is 5.14. The van der Waals surface area contributed by atoms with Gasteiger partial charge in [0, 0.05) is 73.5 Å². The summed E-state index contributed by atoms with van der Waals surface area (Å²) < 4.78 is 5.89. The number of piperazine rings is 1. The van der Waals surface area contributed by atoms with Crippen LogP contribution >= 0.6 is 0 Å². The molecule has 0 atom stereocenters. The van der Waals surface area contributed by atoms with E-state index >= 15 is 0 Å². The molecule has 1 fully saturated rings. The molecule has 198 valence electrons. The molecule has 1 aliphatic heterocycles. The number of nitriles is 1. The second-order valence-electron chi connectivity index (χ2n) is 10.4. The first kappa shape index (κ1) is 25.8. The van der Waals surface area contributed by atoms with Crippen LogP contribution in [0.5, 0.6) is 0 Å². The Bertz CT molecular complexity index is 1440. The average molecular weight is 513 g/mol. The molecule has 2 aromatic carbocycles. The third kappa shape index (κ3) is 6.01. The van der Waals surface area contributed by atoms with Crippen molar-refractivity contribution in [3.63, 3.8) is 0 Å². The van der Waals surface area contributed by atoms with Crippen molar-refractivity contribution in [2.24, 2.45) is 0 Å². The molecule has 1 aliphatic rings. The number of aromatic amines is 1. The van der Waals surface area contributed by atoms with Crippen LogP contribution in [0.1, 0.15) is 34.5 Å². The summed E-state index contributed by atoms with van der Waals surface area (Å²) in [6.45, 7) is 6.50. The molecule has 2 N–H and O–H groups in total. The third-order valence-electron chi connectivity index (χ3n) is 7.38. The Kier molecular flexibility index (Phi) is 7.97. The fourth-order valence-corrected chi connectivity index (χ4v) is 5.14. The maximum atomic E-state index is 12.4. The molecule has 5 rings (SSSR count). The number of carbonyl (C=O) groups excluding carboxylic acids is 1. The number of aryl methyl sites for hydroxylation is 1. The number of anilines is 1. The van der Waals surface area contributed by atoms with Crippen molar-refractivity contribution in [3.05, 3.63) is 65.5 Å². The van der Waals surface area contributed by atoms with Crippen molar-refractivity contribution in [1.29, 1.82) is 5.26 Å². The molecular weight excluding hydrogens is 476 g/mol. The van der Waals surface area contributed by atoms with Crippen LogP contribution in [0.2, 0.25) is 0 Å². The van der Waals surface area contributed by atoms with E-state index in [9.17, 15) is 10.1 Å². The smallest absolute Gasteiger partial charge is 0.287 e. The molecule has 0 aliphatic carbocycles. The SMILES string of the molecule is CN(C)CCNC(=O)c1cc2ccc(N3CCN(CCCCc4c[nH]c5ccc(C#N)cc45)CC3)cc2o1. The minimum Gasteiger partial charge on any atom is -0.451 e. The lowest BCUT2D eigenvalue weighted by Gasteiger charge is -2.36. The number of amides is 1. The van der Waals surface area contributed by atoms with Crippen LogP contribution < -0.4 is 10.2 Å². The van der Waals surface area contributed by atoms with Gasteiger partial charge < -0.3 is 24.5 Å². The molecule has 0 radical (unpaired) electrons. The van der Waals surface area contributed by atoms with Gasteiger partial charge in [0.25, 0.3) is 5.91 Å². The highest BCUT2D eigenvalue weighted by molar-refractivity contribution is 5.96. The molecule has 0 spiro atoms. The van der Waals surface area contributed by atoms with E-state index in [2.05, 4.69) is 44.5 Å². The van der Waals surface area contributed by atoms with Gasteiger partial charge in [-0.05, 0) is 81.9 Å². The van der Waals surface area contributed by atoms with E-state index in [1.54, 1.807) is 0 Å². The Hall–Kier alpha value is -3.80. The Balaban J connectivity index is 1.08. The standard InChI is InChI=1S/C30H36N6O2/c1-34(2)12-10-32-30(37)29-18-23-7-8-25(19-28(23)38-29)36-15-13-35(14-16-36)11-4-3-5-24-21-33-27-9-6-22(20-31)17-26(24)27/h6-9,17-19,21,33H,3-5,10-16H2,1-2H3,(H,32,37). The predicted molar refractivity (Wildman–Crippen MR) is 152 cm³/mol. The number of rotatable bonds is 10. The Morgan fingerprint density at radius 2 is 1.95 bits per heavy atom. The number of H-pyrrole nitrogens is 1. The first-order chi connectivity index (χ1) is 18.5. The first-order valence-electron chi connectivity index (χ1n) is 13.4. The van der Waals surface area contributed by atoms with E-state index in [-0.39, 0.29) is 5.91 Å². The molecule has 3 heterocycles. The van der Waals surface area contributed by atoms with E-state index in [1.165, 1.54) is 10.9 Å². The Morgan fingerprint density at radius 3 is 2.74 bits per heavy atom. The van der Waals surface area contributed by atoms with Gasteiger partial charge in [-0.3, -0.25) is 9.69 Å². The van der Waals surface area contributed by atoms with Crippen LogP contribution in [0.4, 0.5) is 5.69 Å². The number of carbonyl (C=O) groups is 1. The summed E-state index contributed by atoms with van der Waals surface area (Å²) in [5.41, 5.74) is 5.00. The quantitative estimate of drug-likeness (QED) is 0.309. The van der Waals surface area contributed by atoms with E-state index in [4.69, 9.17) is 4.42 Å². The monoisotopic (exact) mass is 512 g/mol. The number of benzene rings is 2. The predicted octanol–water partition coefficient (Wildman–Crippen LogP) is 4.22. The minimum atomic E-state index is -0.171. The van der Waals surface area contributed by atoms with Crippen molar-refractivity contribution in [1.82, 2.24) is 20.1 Å². The van der Waals surface area contributed by atoms with E-state index in [0.717, 1.165) is 80.7 Å². The van der Waals surface area contributed by atoms with Crippen LogP contribution in [0.3, 0.4) is 0 Å². The number of aromatic nitrogens is 1. The van der Waals surface area contributed by atoms with Gasteiger partial charge in [-0.1, -0.05) is 0 Å². The molecule has 8 nitrogen and oxygen atoms in total. The molecular formula is C30H36N6O2. The van der Waals surface area contributed by atoms with Gasteiger partial charge in [-0.25, -0.2) is 0 Å². The molecule has 4 aromatic rings. The Labute approximate surface area is 223 Å². The van der Waals surface area contributed by atoms with Gasteiger partial charge in [0.05, 0.1) is 11.6 Å². The summed E-state index contributed by atoms with van der Waals surface area (Å²) >= 11 is 0. The molecule has 8 heteroatoms. The van der Waals surface area contributed by atoms with Crippen LogP contribution in [0.25, 0.3) is 21.9 Å². The van der Waals surface area contributed by atoms with Gasteiger partial charge in [-0.15, -0.1) is 0 Å². The molecule has 0 saturated carbocycles. The summed E-state index contributed by atoms with van der Waals surface area (Å²) in [7, 11) is 3.96. The summed E-state index contributed by atoms with van der Waals surface area (Å²) in [5, 5.41) is 14.2. The number of hydrogen-bond acceptors (Lipinski definition) is 6. The normalized spacial score (nSPS) is 14.4. The van der Waals surface area contributed by atoms with E-state index < -0.39 is 0 Å². The maximum absolute atomic E-state index is 12.4. The van der Waals surface area contributed by atoms with Gasteiger partial charge in [0.1, 0.15) is 5.58 Å². The highest BCUT2D eigenvalue weighted by Crippen LogP contribution is 2.26. The van der Waals surface area contributed by atoms with Gasteiger partial charge >= 0.3 is 0 Å². The van der Waals surface area contributed by atoms with Crippen molar-refractivity contribution in [2.75, 3.05) is 64.8 Å². The van der Waals surface area contributed by atoms with Crippen molar-refractivity contribution in [2.45, 2.75) is 19.3 Å². The second-order valence-corrected chi connectivity index (χ2v) is 10.4. The molecule has 38 heavy (non-hydrogen) atoms. The van der Waals surface area contributed by atoms with Gasteiger partial charge in [0.15, 0.2) is 5.76 Å². The van der Waals surface area contributed by atoms with Gasteiger partial charge in [-0.2, -0.15) is 5.26 Å². The lowest BCUT2D eigenvalue weighted by Crippen LogP contribution is -2.46. The minimum absolute atomic E-state index is 0.171. The summed E-state index contributed by atoms with van der Waals surface area (Å²) in [6.07, 6.45) is 5.39. The first-order valence-corrected chi connectivity index (χ1v) is 13.4. The lowest BCUT2D eigenvalue weighted by atomic mass is 10.1. The number of nitrogens with one attached hydrogen (secondary N) is 2. The van der Waals surface area contributed by atoms with Crippen molar-refractivity contribution in [3.8, 4) is 6.07 Å². The summed E-state index contributed by atoms with van der Waals surface area (Å²) in [5.74, 6) is 0.189. The highest BCUT2D eigenvalue weighted by Gasteiger charge is 2.19. The molecule has 2 aromatic heterocycles. The van der Waals surface area contributed by atoms with Crippen molar-refractivity contribution < 1.29 is 9.21 Å². The van der Waals surface area contributed by atoms with Crippen molar-refractivity contribution >= 4 is 33.5 Å². The second kappa shape index (κ2) is 11.7. The number of unbranched alkanes of at least 4 members (excludes halogenated alkanes) is 1. The largest absolute Gasteiger partial charge is 0.451 e. The zero-order valence-corrected chi connectivity index (χ0v) is 22.3. The summed E-state index contributed by atoms with van der Waals surface area (Å²) in [4.78, 5) is 22.7. The Morgan fingerprint density at radius 1 is 1.11 bits per heavy atom. The highest BCUT2D eigenvalue weighted by atomic mass is 16.3. The zero-order valence-electron chi connectivity index (χ0n) is 22.3. The average Bonchev–Trinajstić information content (AvgIpc) is 3.54. The van der Waals surface area contributed by atoms with Crippen LogP contribution in [-0.2, 0) is 6.42 Å². The molecule has 1 saturated heterocycles. The number of likely N-dealkylation sites (N-methyl/N-ethyl adjacent to an activating group) is 1. The van der Waals surface area contributed by atoms with Crippen LogP contribution in [-0.4, -0.2) is 80.6 Å². The summed E-state index contributed by atoms with van der Waals surface area (Å²) in [6, 6.07) is 16.1. The maximum Gasteiger partial charge on any atom is 0.287 e. The fraction of sp³-hybridized carbons (Fsp3) is 0.400. The lowest BCUT2D eigenvalue weighted by molar-refractivity contribution is 0.0925.